The van der Waals surface area contributed by atoms with Crippen molar-refractivity contribution in [3.63, 3.8) is 0 Å². The molecule has 7 nitrogen and oxygen atoms in total. The van der Waals surface area contributed by atoms with Crippen molar-refractivity contribution in [3.05, 3.63) is 83.4 Å². The number of aryl methyl sites for hydroxylation is 1. The molecule has 2 aromatic heterocycles. The van der Waals surface area contributed by atoms with Crippen LogP contribution in [0.3, 0.4) is 0 Å². The summed E-state index contributed by atoms with van der Waals surface area (Å²) in [4.78, 5) is 16.8. The standard InChI is InChI=1S/C19H20N4O3S/c1-14-11-17(13-23(27(20,25)26)16-9-6-10-21-12-16)22(2)18(14)19(24)15-7-4-3-5-8-15/h3-12H,13H2,1-2H3,(H2,20,25,26). The minimum Gasteiger partial charge on any atom is -0.343 e. The van der Waals surface area contributed by atoms with E-state index in [1.54, 1.807) is 60.3 Å². The third-order valence-corrected chi connectivity index (χ3v) is 5.27. The van der Waals surface area contributed by atoms with Gasteiger partial charge in [0, 0.05) is 24.5 Å². The Labute approximate surface area is 158 Å². The second kappa shape index (κ2) is 7.34. The number of rotatable bonds is 6. The molecule has 0 fully saturated rings. The first kappa shape index (κ1) is 18.8. The van der Waals surface area contributed by atoms with Gasteiger partial charge < -0.3 is 4.57 Å². The van der Waals surface area contributed by atoms with Crippen molar-refractivity contribution in [2.45, 2.75) is 13.5 Å². The Kier molecular flexibility index (Phi) is 5.11. The maximum atomic E-state index is 12.9. The molecule has 0 spiro atoms. The second-order valence-electron chi connectivity index (χ2n) is 6.18. The van der Waals surface area contributed by atoms with Crippen molar-refractivity contribution in [1.82, 2.24) is 9.55 Å². The minimum atomic E-state index is -4.01. The molecule has 0 aliphatic carbocycles. The van der Waals surface area contributed by atoms with E-state index in [-0.39, 0.29) is 12.3 Å². The third-order valence-electron chi connectivity index (χ3n) is 4.32. The van der Waals surface area contributed by atoms with Gasteiger partial charge in [-0.25, -0.2) is 5.14 Å². The predicted molar refractivity (Wildman–Crippen MR) is 104 cm³/mol. The Morgan fingerprint density at radius 2 is 1.89 bits per heavy atom. The van der Waals surface area contributed by atoms with Gasteiger partial charge in [-0.3, -0.25) is 14.1 Å². The number of nitrogens with zero attached hydrogens (tertiary/aromatic N) is 3. The number of hydrogen-bond acceptors (Lipinski definition) is 4. The van der Waals surface area contributed by atoms with E-state index in [2.05, 4.69) is 4.98 Å². The average Bonchev–Trinajstić information content (AvgIpc) is 2.93. The molecule has 0 aliphatic heterocycles. The summed E-state index contributed by atoms with van der Waals surface area (Å²) in [5.41, 5.74) is 2.85. The number of hydrogen-bond donors (Lipinski definition) is 1. The monoisotopic (exact) mass is 384 g/mol. The summed E-state index contributed by atoms with van der Waals surface area (Å²) in [6, 6.07) is 14.0. The SMILES string of the molecule is Cc1cc(CN(c2cccnc2)S(N)(=O)=O)n(C)c1C(=O)c1ccccc1. The summed E-state index contributed by atoms with van der Waals surface area (Å²) < 4.78 is 27.0. The van der Waals surface area contributed by atoms with Crippen LogP contribution in [0.1, 0.15) is 27.3 Å². The lowest BCUT2D eigenvalue weighted by Crippen LogP contribution is -2.36. The molecule has 140 valence electrons. The molecule has 3 rings (SSSR count). The van der Waals surface area contributed by atoms with Gasteiger partial charge in [0.15, 0.2) is 0 Å². The summed E-state index contributed by atoms with van der Waals surface area (Å²) in [5, 5.41) is 5.40. The zero-order valence-corrected chi connectivity index (χ0v) is 15.8. The zero-order chi connectivity index (χ0) is 19.6. The molecule has 0 atom stereocenters. The highest BCUT2D eigenvalue weighted by molar-refractivity contribution is 7.90. The number of nitrogens with two attached hydrogens (primary N) is 1. The van der Waals surface area contributed by atoms with Gasteiger partial charge in [-0.1, -0.05) is 30.3 Å². The van der Waals surface area contributed by atoms with Crippen LogP contribution in [-0.4, -0.2) is 23.8 Å². The minimum absolute atomic E-state index is 0.00998. The molecule has 2 heterocycles. The molecule has 0 saturated heterocycles. The third kappa shape index (κ3) is 3.91. The quantitative estimate of drug-likeness (QED) is 0.659. The summed E-state index contributed by atoms with van der Waals surface area (Å²) >= 11 is 0. The highest BCUT2D eigenvalue weighted by atomic mass is 32.2. The Morgan fingerprint density at radius 3 is 2.48 bits per heavy atom. The van der Waals surface area contributed by atoms with Crippen molar-refractivity contribution >= 4 is 21.7 Å². The molecule has 1 aromatic carbocycles. The molecule has 8 heteroatoms. The van der Waals surface area contributed by atoms with Crippen molar-refractivity contribution in [1.29, 1.82) is 0 Å². The van der Waals surface area contributed by atoms with Crippen LogP contribution in [0.5, 0.6) is 0 Å². The van der Waals surface area contributed by atoms with Gasteiger partial charge in [-0.05, 0) is 30.7 Å². The Hall–Kier alpha value is -2.97. The number of ketones is 1. The first-order chi connectivity index (χ1) is 12.8. The maximum absolute atomic E-state index is 12.9. The lowest BCUT2D eigenvalue weighted by atomic mass is 10.1. The molecule has 2 N–H and O–H groups in total. The maximum Gasteiger partial charge on any atom is 0.299 e. The van der Waals surface area contributed by atoms with E-state index in [1.165, 1.54) is 6.20 Å². The number of carbonyl (C=O) groups is 1. The second-order valence-corrected chi connectivity index (χ2v) is 7.65. The van der Waals surface area contributed by atoms with Crippen LogP contribution in [0.25, 0.3) is 0 Å². The first-order valence-electron chi connectivity index (χ1n) is 8.24. The smallest absolute Gasteiger partial charge is 0.299 e. The molecular formula is C19H20N4O3S. The number of benzene rings is 1. The van der Waals surface area contributed by atoms with Gasteiger partial charge >= 0.3 is 0 Å². The van der Waals surface area contributed by atoms with Crippen LogP contribution in [-0.2, 0) is 23.8 Å². The molecule has 0 unspecified atom stereocenters. The lowest BCUT2D eigenvalue weighted by molar-refractivity contribution is 0.103. The van der Waals surface area contributed by atoms with Gasteiger partial charge in [0.2, 0.25) is 5.78 Å². The number of anilines is 1. The average molecular weight is 384 g/mol. The highest BCUT2D eigenvalue weighted by Gasteiger charge is 2.23. The van der Waals surface area contributed by atoms with Crippen LogP contribution in [0.2, 0.25) is 0 Å². The molecule has 27 heavy (non-hydrogen) atoms. The summed E-state index contributed by atoms with van der Waals surface area (Å²) in [7, 11) is -2.27. The molecule has 0 saturated carbocycles. The Morgan fingerprint density at radius 1 is 1.19 bits per heavy atom. The van der Waals surface area contributed by atoms with E-state index in [9.17, 15) is 13.2 Å². The van der Waals surface area contributed by atoms with Crippen LogP contribution in [0, 0.1) is 6.92 Å². The molecule has 0 amide bonds. The van der Waals surface area contributed by atoms with Crippen molar-refractivity contribution in [2.24, 2.45) is 12.2 Å². The van der Waals surface area contributed by atoms with E-state index >= 15 is 0 Å². The molecular weight excluding hydrogens is 364 g/mol. The van der Waals surface area contributed by atoms with Gasteiger partial charge in [0.25, 0.3) is 10.2 Å². The fraction of sp³-hybridized carbons (Fsp3) is 0.158. The van der Waals surface area contributed by atoms with Gasteiger partial charge in [-0.15, -0.1) is 0 Å². The van der Waals surface area contributed by atoms with Crippen LogP contribution in [0.4, 0.5) is 5.69 Å². The van der Waals surface area contributed by atoms with Crippen molar-refractivity contribution in [2.75, 3.05) is 4.31 Å². The van der Waals surface area contributed by atoms with Crippen LogP contribution < -0.4 is 9.44 Å². The molecule has 0 aliphatic rings. The largest absolute Gasteiger partial charge is 0.343 e. The van der Waals surface area contributed by atoms with E-state index < -0.39 is 10.2 Å². The van der Waals surface area contributed by atoms with Crippen molar-refractivity contribution in [3.8, 4) is 0 Å². The van der Waals surface area contributed by atoms with Crippen LogP contribution >= 0.6 is 0 Å². The van der Waals surface area contributed by atoms with E-state index in [0.29, 0.717) is 22.6 Å². The number of pyridine rings is 1. The van der Waals surface area contributed by atoms with Gasteiger partial charge in [-0.2, -0.15) is 8.42 Å². The van der Waals surface area contributed by atoms with E-state index in [0.717, 1.165) is 9.87 Å². The van der Waals surface area contributed by atoms with Crippen LogP contribution in [0.15, 0.2) is 60.9 Å². The molecule has 3 aromatic rings. The number of carbonyl (C=O) groups excluding carboxylic acids is 1. The van der Waals surface area contributed by atoms with E-state index in [4.69, 9.17) is 5.14 Å². The zero-order valence-electron chi connectivity index (χ0n) is 15.0. The molecule has 0 bridgehead atoms. The van der Waals surface area contributed by atoms with E-state index in [1.807, 2.05) is 13.0 Å². The van der Waals surface area contributed by atoms with Gasteiger partial charge in [0.1, 0.15) is 0 Å². The summed E-state index contributed by atoms with van der Waals surface area (Å²) in [5.74, 6) is -0.120. The Balaban J connectivity index is 2.00. The predicted octanol–water partition coefficient (Wildman–Crippen LogP) is 2.17. The number of aromatic nitrogens is 2. The fourth-order valence-corrected chi connectivity index (χ4v) is 3.72. The summed E-state index contributed by atoms with van der Waals surface area (Å²) in [6.07, 6.45) is 2.98. The fourth-order valence-electron chi connectivity index (χ4n) is 3.01. The normalized spacial score (nSPS) is 11.4. The van der Waals surface area contributed by atoms with Gasteiger partial charge in [0.05, 0.1) is 24.1 Å². The topological polar surface area (TPSA) is 98.3 Å². The molecule has 0 radical (unpaired) electrons. The Bertz CT molecular complexity index is 1060. The lowest BCUT2D eigenvalue weighted by Gasteiger charge is -2.22. The summed E-state index contributed by atoms with van der Waals surface area (Å²) in [6.45, 7) is 1.81. The van der Waals surface area contributed by atoms with Crippen molar-refractivity contribution < 1.29 is 13.2 Å². The first-order valence-corrected chi connectivity index (χ1v) is 9.75. The highest BCUT2D eigenvalue weighted by Crippen LogP contribution is 2.23.